The van der Waals surface area contributed by atoms with Gasteiger partial charge in [-0.25, -0.2) is 33.4 Å². The van der Waals surface area contributed by atoms with Crippen molar-refractivity contribution in [3.05, 3.63) is 127 Å². The summed E-state index contributed by atoms with van der Waals surface area (Å²) in [4.78, 5) is 109. The smallest absolute Gasteiger partial charge is 0.490 e. The van der Waals surface area contributed by atoms with E-state index in [0.717, 1.165) is 25.1 Å². The van der Waals surface area contributed by atoms with Crippen LogP contribution in [0.5, 0.6) is 5.75 Å². The molecule has 7 aromatic rings. The molecule has 1 aliphatic heterocycles. The minimum Gasteiger partial charge on any atom is -0.491 e. The summed E-state index contributed by atoms with van der Waals surface area (Å²) in [5.74, 6) is 4.45. The van der Waals surface area contributed by atoms with Crippen molar-refractivity contribution in [1.29, 1.82) is 0 Å². The van der Waals surface area contributed by atoms with Crippen LogP contribution in [0.4, 0.5) is 11.5 Å². The van der Waals surface area contributed by atoms with Gasteiger partial charge in [-0.3, -0.25) is 18.9 Å². The van der Waals surface area contributed by atoms with Crippen LogP contribution >= 0.6 is 23.5 Å². The lowest BCUT2D eigenvalue weighted by Gasteiger charge is -2.21. The van der Waals surface area contributed by atoms with Crippen molar-refractivity contribution < 1.29 is 93.3 Å². The van der Waals surface area contributed by atoms with E-state index >= 15 is 0 Å². The number of amides is 3. The number of nitrogen functional groups attached to an aromatic ring is 1. The molecule has 8 rings (SSSR count). The third-order valence-corrected chi connectivity index (χ3v) is 16.6. The average molecular weight is 1310 g/mol. The van der Waals surface area contributed by atoms with E-state index in [9.17, 15) is 42.7 Å². The highest BCUT2D eigenvalue weighted by atomic mass is 31.3. The molecule has 4 aromatic heterocycles. The maximum absolute atomic E-state index is 13.1. The molecular formula is C51H56N15O21P3. The molecule has 1 fully saturated rings. The molecule has 39 heteroatoms. The number of carbonyl (C=O) groups is 3. The van der Waals surface area contributed by atoms with E-state index in [2.05, 4.69) is 76.3 Å². The van der Waals surface area contributed by atoms with Gasteiger partial charge in [-0.05, 0) is 79.5 Å². The van der Waals surface area contributed by atoms with Gasteiger partial charge in [0.1, 0.15) is 72.5 Å². The minimum absolute atomic E-state index is 0.00251. The Morgan fingerprint density at radius 3 is 2.41 bits per heavy atom. The number of azide groups is 2. The molecular weight excluding hydrogens is 1250 g/mol. The second kappa shape index (κ2) is 30.6. The maximum atomic E-state index is 13.1. The van der Waals surface area contributed by atoms with Gasteiger partial charge in [0.25, 0.3) is 11.8 Å². The first-order valence-electron chi connectivity index (χ1n) is 26.8. The zero-order valence-electron chi connectivity index (χ0n) is 47.4. The van der Waals surface area contributed by atoms with Crippen LogP contribution in [-0.4, -0.2) is 148 Å². The standard InChI is InChI=1S/C51H56N15O21P3/c1-3-65(4-2)34-12-10-30-20-36(51(70)85-39(30)22-34)50-61-37-21-32(11-13-38(37)84-50)49(69)57-16-15-56-48(68)31-7-5-9-35(19-31)80-27-43(62-64-54)79-18-17-78-26-42(67)55-14-6-8-33-24-66(47-45(33)46(52)58-28-59-47)44-23-40(81-29-60-63-53)41(83-44)25-82-89(74,75)87-90(76,77)86-88(71,72)73/h5,7,9-13,19-22,24,28,40-41,43-44H,3-4,14-18,23,25-27,29H2,1-2H3,(H,55,67)(H,56,68)(H,57,69)(H,74,75)(H,76,77)(H2,52,58,59)(H2,71,72,73). The lowest BCUT2D eigenvalue weighted by molar-refractivity contribution is -0.126. The second-order valence-electron chi connectivity index (χ2n) is 18.8. The molecule has 0 radical (unpaired) electrons. The number of carbonyl (C=O) groups excluding carboxylic acids is 3. The molecule has 3 amide bonds. The number of phosphoric acid groups is 3. The quantitative estimate of drug-likeness (QED) is 0.00510. The van der Waals surface area contributed by atoms with Gasteiger partial charge in [-0.1, -0.05) is 28.1 Å². The zero-order chi connectivity index (χ0) is 64.6. The van der Waals surface area contributed by atoms with Crippen LogP contribution in [0, 0.1) is 11.8 Å². The van der Waals surface area contributed by atoms with Crippen LogP contribution in [0.1, 0.15) is 52.8 Å². The molecule has 1 aliphatic rings. The number of phosphoric ester groups is 1. The topological polar surface area (TPSA) is 507 Å². The summed E-state index contributed by atoms with van der Waals surface area (Å²) in [6.45, 7) is 3.24. The van der Waals surface area contributed by atoms with Crippen LogP contribution in [0.2, 0.25) is 0 Å². The molecule has 3 aromatic carbocycles. The fourth-order valence-electron chi connectivity index (χ4n) is 8.83. The number of hydrogen-bond acceptors (Lipinski definition) is 24. The van der Waals surface area contributed by atoms with Crippen molar-refractivity contribution in [1.82, 2.24) is 35.5 Å². The molecule has 36 nitrogen and oxygen atoms in total. The Kier molecular flexibility index (Phi) is 22.8. The third-order valence-electron chi connectivity index (χ3n) is 12.8. The van der Waals surface area contributed by atoms with Crippen molar-refractivity contribution >= 4 is 85.8 Å². The Labute approximate surface area is 507 Å². The maximum Gasteiger partial charge on any atom is 0.490 e. The van der Waals surface area contributed by atoms with E-state index in [1.807, 2.05) is 32.0 Å². The van der Waals surface area contributed by atoms with Gasteiger partial charge in [0.05, 0.1) is 43.4 Å². The van der Waals surface area contributed by atoms with Gasteiger partial charge >= 0.3 is 29.1 Å². The predicted molar refractivity (Wildman–Crippen MR) is 314 cm³/mol. The van der Waals surface area contributed by atoms with Crippen molar-refractivity contribution in [3.8, 4) is 29.0 Å². The Balaban J connectivity index is 0.749. The predicted octanol–water partition coefficient (Wildman–Crippen LogP) is 5.43. The number of ether oxygens (including phenoxy) is 5. The summed E-state index contributed by atoms with van der Waals surface area (Å²) in [5, 5.41) is 15.9. The van der Waals surface area contributed by atoms with Crippen LogP contribution in [0.3, 0.4) is 0 Å². The molecule has 476 valence electrons. The third kappa shape index (κ3) is 18.4. The van der Waals surface area contributed by atoms with E-state index in [1.165, 1.54) is 22.9 Å². The summed E-state index contributed by atoms with van der Waals surface area (Å²) >= 11 is 0. The molecule has 0 spiro atoms. The highest BCUT2D eigenvalue weighted by Crippen LogP contribution is 2.66. The second-order valence-corrected chi connectivity index (χ2v) is 23.2. The number of hydrogen-bond donors (Lipinski definition) is 8. The van der Waals surface area contributed by atoms with Crippen molar-refractivity contribution in [3.63, 3.8) is 0 Å². The number of rotatable bonds is 31. The van der Waals surface area contributed by atoms with E-state index < -0.39 is 91.4 Å². The molecule has 6 atom stereocenters. The van der Waals surface area contributed by atoms with E-state index in [0.29, 0.717) is 22.1 Å². The summed E-state index contributed by atoms with van der Waals surface area (Å²) in [7, 11) is -17.0. The number of oxazole rings is 1. The molecule has 6 unspecified atom stereocenters. The number of anilines is 2. The van der Waals surface area contributed by atoms with Crippen molar-refractivity contribution in [2.24, 2.45) is 10.2 Å². The molecule has 5 heterocycles. The number of benzene rings is 3. The van der Waals surface area contributed by atoms with E-state index in [-0.39, 0.29) is 96.6 Å². The molecule has 0 saturated carbocycles. The lowest BCUT2D eigenvalue weighted by atomic mass is 10.1. The van der Waals surface area contributed by atoms with Gasteiger partial charge in [0.2, 0.25) is 11.8 Å². The van der Waals surface area contributed by atoms with Gasteiger partial charge in [0, 0.05) is 76.9 Å². The molecule has 1 saturated heterocycles. The number of nitrogens with one attached hydrogen (secondary N) is 3. The Morgan fingerprint density at radius 2 is 1.68 bits per heavy atom. The van der Waals surface area contributed by atoms with E-state index in [1.54, 1.807) is 36.4 Å². The van der Waals surface area contributed by atoms with Crippen LogP contribution < -0.4 is 36.9 Å². The Bertz CT molecular complexity index is 4150. The Morgan fingerprint density at radius 1 is 0.911 bits per heavy atom. The van der Waals surface area contributed by atoms with Gasteiger partial charge in [-0.2, -0.15) is 8.62 Å². The van der Waals surface area contributed by atoms with E-state index in [4.69, 9.17) is 63.6 Å². The molecule has 0 bridgehead atoms. The summed E-state index contributed by atoms with van der Waals surface area (Å²) in [6, 6.07) is 18.1. The Hall–Kier alpha value is -8.80. The van der Waals surface area contributed by atoms with Crippen LogP contribution in [-0.2, 0) is 50.6 Å². The van der Waals surface area contributed by atoms with Crippen molar-refractivity contribution in [2.75, 3.05) is 83.1 Å². The lowest BCUT2D eigenvalue weighted by Crippen LogP contribution is -2.34. The number of nitrogens with two attached hydrogens (primary N) is 1. The molecule has 0 aliphatic carbocycles. The number of nitrogens with zero attached hydrogens (tertiary/aromatic N) is 11. The SMILES string of the molecule is CCN(CC)c1ccc2cc(-c3nc4cc(C(=O)NCCNC(=O)c5cccc(OCC(N=[N+]=[N-])OCCOCC(=O)NCC#Cc6cn(C7CC(OCN=[N+]=[N-])C(COP(=O)(O)OP(=O)(O)OP(=O)(O)O)O7)c7ncnc(N)c67)c5)ccc4o3)c(=O)oc2c1. The fourth-order valence-corrected chi connectivity index (χ4v) is 11.9. The number of aromatic nitrogens is 4. The molecule has 9 N–H and O–H groups in total. The fraction of sp³-hybridized carbons (Fsp3) is 0.353. The summed E-state index contributed by atoms with van der Waals surface area (Å²) in [5.41, 5.74) is 26.6. The zero-order valence-corrected chi connectivity index (χ0v) is 50.1. The first-order valence-corrected chi connectivity index (χ1v) is 31.3. The average Bonchev–Trinajstić information content (AvgIpc) is 1.62. The van der Waals surface area contributed by atoms with Crippen LogP contribution in [0.25, 0.3) is 65.4 Å². The van der Waals surface area contributed by atoms with Crippen LogP contribution in [0.15, 0.2) is 103 Å². The first-order chi connectivity index (χ1) is 43.1. The first kappa shape index (κ1) is 67.1. The molecule has 90 heavy (non-hydrogen) atoms. The number of fused-ring (bicyclic) bond motifs is 3. The summed E-state index contributed by atoms with van der Waals surface area (Å²) in [6.07, 6.45) is -1.92. The monoisotopic (exact) mass is 1310 g/mol. The minimum atomic E-state index is -5.83. The van der Waals surface area contributed by atoms with Crippen molar-refractivity contribution in [2.45, 2.75) is 44.9 Å². The van der Waals surface area contributed by atoms with Gasteiger partial charge < -0.3 is 83.2 Å². The van der Waals surface area contributed by atoms with Gasteiger partial charge in [0.15, 0.2) is 11.8 Å². The summed E-state index contributed by atoms with van der Waals surface area (Å²) < 4.78 is 88.8. The van der Waals surface area contributed by atoms with Gasteiger partial charge in [-0.15, -0.1) is 0 Å². The highest BCUT2D eigenvalue weighted by Gasteiger charge is 2.44. The highest BCUT2D eigenvalue weighted by molar-refractivity contribution is 7.66. The largest absolute Gasteiger partial charge is 0.491 e. The normalized spacial score (nSPS) is 16.4.